The number of halogens is 1. The van der Waals surface area contributed by atoms with E-state index in [1.165, 1.54) is 0 Å². The van der Waals surface area contributed by atoms with Crippen LogP contribution in [0.25, 0.3) is 0 Å². The van der Waals surface area contributed by atoms with Crippen molar-refractivity contribution in [3.63, 3.8) is 0 Å². The number of amides is 1. The second kappa shape index (κ2) is 9.18. The Kier molecular flexibility index (Phi) is 6.18. The molecule has 2 aromatic heterocycles. The maximum absolute atomic E-state index is 12.8. The normalized spacial score (nSPS) is 10.8. The largest absolute Gasteiger partial charge is 0.489 e. The molecule has 31 heavy (non-hydrogen) atoms. The van der Waals surface area contributed by atoms with Gasteiger partial charge in [-0.2, -0.15) is 5.10 Å². The molecule has 1 N–H and O–H groups in total. The van der Waals surface area contributed by atoms with E-state index < -0.39 is 5.91 Å². The molecule has 0 fully saturated rings. The number of benzene rings is 2. The molecule has 0 atom stereocenters. The van der Waals surface area contributed by atoms with Gasteiger partial charge in [0.05, 0.1) is 12.1 Å². The summed E-state index contributed by atoms with van der Waals surface area (Å²) in [6.07, 6.45) is 1.81. The molecule has 7 nitrogen and oxygen atoms in total. The first-order chi connectivity index (χ1) is 15.0. The maximum atomic E-state index is 12.8. The number of hydrogen-bond acceptors (Lipinski definition) is 5. The van der Waals surface area contributed by atoms with Gasteiger partial charge >= 0.3 is 0 Å². The van der Waals surface area contributed by atoms with Crippen molar-refractivity contribution < 1.29 is 14.1 Å². The summed E-state index contributed by atoms with van der Waals surface area (Å²) in [5, 5.41) is 11.1. The Morgan fingerprint density at radius 3 is 2.58 bits per heavy atom. The second-order valence-electron chi connectivity index (χ2n) is 7.15. The van der Waals surface area contributed by atoms with Gasteiger partial charge < -0.3 is 14.6 Å². The highest BCUT2D eigenvalue weighted by molar-refractivity contribution is 9.10. The molecular weight excluding hydrogens is 460 g/mol. The van der Waals surface area contributed by atoms with Crippen molar-refractivity contribution in [1.82, 2.24) is 14.9 Å². The predicted octanol–water partition coefficient (Wildman–Crippen LogP) is 5.13. The van der Waals surface area contributed by atoms with Crippen LogP contribution in [0.1, 0.15) is 32.9 Å². The number of rotatable bonds is 7. The van der Waals surface area contributed by atoms with E-state index in [0.29, 0.717) is 29.4 Å². The molecule has 0 saturated carbocycles. The lowest BCUT2D eigenvalue weighted by molar-refractivity contribution is 0.101. The Labute approximate surface area is 188 Å². The molecule has 0 aliphatic carbocycles. The van der Waals surface area contributed by atoms with Crippen LogP contribution < -0.4 is 10.1 Å². The molecule has 4 aromatic rings. The first kappa shape index (κ1) is 20.9. The summed E-state index contributed by atoms with van der Waals surface area (Å²) < 4.78 is 13.8. The van der Waals surface area contributed by atoms with E-state index in [9.17, 15) is 4.79 Å². The third-order valence-electron chi connectivity index (χ3n) is 4.74. The Hall–Kier alpha value is -3.39. The number of ether oxygens (including phenoxy) is 1. The van der Waals surface area contributed by atoms with Crippen LogP contribution in [-0.4, -0.2) is 20.8 Å². The van der Waals surface area contributed by atoms with Crippen LogP contribution in [0.3, 0.4) is 0 Å². The Bertz CT molecular complexity index is 1180. The fourth-order valence-electron chi connectivity index (χ4n) is 3.00. The lowest BCUT2D eigenvalue weighted by Crippen LogP contribution is -2.16. The Balaban J connectivity index is 1.41. The minimum Gasteiger partial charge on any atom is -0.489 e. The smallest absolute Gasteiger partial charge is 0.279 e. The summed E-state index contributed by atoms with van der Waals surface area (Å²) >= 11 is 3.43. The summed E-state index contributed by atoms with van der Waals surface area (Å²) in [7, 11) is 0. The molecule has 4 rings (SSSR count). The molecule has 0 bridgehead atoms. The van der Waals surface area contributed by atoms with Crippen LogP contribution in [0.5, 0.6) is 5.75 Å². The van der Waals surface area contributed by atoms with Crippen LogP contribution in [0.2, 0.25) is 0 Å². The zero-order valence-corrected chi connectivity index (χ0v) is 18.7. The summed E-state index contributed by atoms with van der Waals surface area (Å²) in [6.45, 7) is 4.54. The first-order valence-electron chi connectivity index (χ1n) is 9.72. The predicted molar refractivity (Wildman–Crippen MR) is 120 cm³/mol. The van der Waals surface area contributed by atoms with E-state index in [0.717, 1.165) is 15.6 Å². The lowest BCUT2D eigenvalue weighted by Gasteiger charge is -2.07. The van der Waals surface area contributed by atoms with Crippen molar-refractivity contribution in [1.29, 1.82) is 0 Å². The first-order valence-corrected chi connectivity index (χ1v) is 10.5. The van der Waals surface area contributed by atoms with Gasteiger partial charge in [0.15, 0.2) is 11.5 Å². The number of nitrogens with one attached hydrogen (secondary N) is 1. The molecule has 0 saturated heterocycles. The van der Waals surface area contributed by atoms with E-state index in [4.69, 9.17) is 9.26 Å². The summed E-state index contributed by atoms with van der Waals surface area (Å²) in [4.78, 5) is 12.8. The van der Waals surface area contributed by atoms with Crippen molar-refractivity contribution in [2.75, 3.05) is 5.32 Å². The minimum absolute atomic E-state index is 0.180. The van der Waals surface area contributed by atoms with Gasteiger partial charge in [-0.15, -0.1) is 0 Å². The molecule has 158 valence electrons. The molecular formula is C23H21BrN4O3. The number of aromatic nitrogens is 3. The molecule has 0 unspecified atom stereocenters. The molecule has 0 aliphatic rings. The average molecular weight is 481 g/mol. The van der Waals surface area contributed by atoms with E-state index in [-0.39, 0.29) is 12.3 Å². The molecule has 0 spiro atoms. The molecule has 0 aliphatic heterocycles. The van der Waals surface area contributed by atoms with Crippen molar-refractivity contribution in [2.45, 2.75) is 27.0 Å². The standard InChI is InChI=1S/C23H21BrN4O3/c1-15-3-9-19(10-4-15)30-14-20-16(2)31-27-22(20)23(29)25-21-11-12-28(26-21)13-17-5-7-18(24)8-6-17/h3-12H,13-14H2,1-2H3,(H,25,26,29). The van der Waals surface area contributed by atoms with Gasteiger partial charge in [-0.25, -0.2) is 0 Å². The number of anilines is 1. The number of carbonyl (C=O) groups is 1. The fourth-order valence-corrected chi connectivity index (χ4v) is 3.26. The van der Waals surface area contributed by atoms with Gasteiger partial charge in [0.2, 0.25) is 0 Å². The molecule has 2 heterocycles. The Morgan fingerprint density at radius 2 is 1.84 bits per heavy atom. The van der Waals surface area contributed by atoms with Crippen LogP contribution in [0.15, 0.2) is 69.8 Å². The fraction of sp³-hybridized carbons (Fsp3) is 0.174. The third-order valence-corrected chi connectivity index (χ3v) is 5.27. The molecule has 8 heteroatoms. The van der Waals surface area contributed by atoms with E-state index in [1.807, 2.05) is 61.7 Å². The van der Waals surface area contributed by atoms with Crippen molar-refractivity contribution in [3.05, 3.63) is 93.4 Å². The topological polar surface area (TPSA) is 82.2 Å². The van der Waals surface area contributed by atoms with Crippen LogP contribution in [0.4, 0.5) is 5.82 Å². The zero-order chi connectivity index (χ0) is 21.8. The van der Waals surface area contributed by atoms with Gasteiger partial charge in [0, 0.05) is 16.7 Å². The van der Waals surface area contributed by atoms with Crippen LogP contribution in [-0.2, 0) is 13.2 Å². The van der Waals surface area contributed by atoms with E-state index in [2.05, 4.69) is 31.5 Å². The zero-order valence-electron chi connectivity index (χ0n) is 17.1. The van der Waals surface area contributed by atoms with Crippen molar-refractivity contribution in [2.24, 2.45) is 0 Å². The second-order valence-corrected chi connectivity index (χ2v) is 8.06. The highest BCUT2D eigenvalue weighted by Crippen LogP contribution is 2.19. The van der Waals surface area contributed by atoms with Gasteiger partial charge in [0.1, 0.15) is 18.1 Å². The van der Waals surface area contributed by atoms with Gasteiger partial charge in [-0.05, 0) is 43.7 Å². The summed E-state index contributed by atoms with van der Waals surface area (Å²) in [6, 6.07) is 17.4. The van der Waals surface area contributed by atoms with E-state index >= 15 is 0 Å². The summed E-state index contributed by atoms with van der Waals surface area (Å²) in [5.74, 6) is 1.30. The van der Waals surface area contributed by atoms with Crippen molar-refractivity contribution in [3.8, 4) is 5.75 Å². The summed E-state index contributed by atoms with van der Waals surface area (Å²) in [5.41, 5.74) is 3.04. The number of carbonyl (C=O) groups excluding carboxylic acids is 1. The monoisotopic (exact) mass is 480 g/mol. The SMILES string of the molecule is Cc1ccc(OCc2c(C(=O)Nc3ccn(Cc4ccc(Br)cc4)n3)noc2C)cc1. The van der Waals surface area contributed by atoms with Gasteiger partial charge in [-0.1, -0.05) is 50.9 Å². The maximum Gasteiger partial charge on any atom is 0.279 e. The van der Waals surface area contributed by atoms with Gasteiger partial charge in [0.25, 0.3) is 5.91 Å². The minimum atomic E-state index is -0.395. The van der Waals surface area contributed by atoms with Crippen LogP contribution >= 0.6 is 15.9 Å². The number of aryl methyl sites for hydroxylation is 2. The number of hydrogen-bond donors (Lipinski definition) is 1. The van der Waals surface area contributed by atoms with Crippen molar-refractivity contribution >= 4 is 27.7 Å². The molecule has 2 aromatic carbocycles. The lowest BCUT2D eigenvalue weighted by atomic mass is 10.2. The average Bonchev–Trinajstić information content (AvgIpc) is 3.35. The van der Waals surface area contributed by atoms with E-state index in [1.54, 1.807) is 17.7 Å². The van der Waals surface area contributed by atoms with Crippen LogP contribution in [0, 0.1) is 13.8 Å². The molecule has 1 amide bonds. The van der Waals surface area contributed by atoms with Gasteiger partial charge in [-0.3, -0.25) is 9.48 Å². The highest BCUT2D eigenvalue weighted by atomic mass is 79.9. The number of nitrogens with zero attached hydrogens (tertiary/aromatic N) is 3. The Morgan fingerprint density at radius 1 is 1.10 bits per heavy atom. The third kappa shape index (κ3) is 5.21. The highest BCUT2D eigenvalue weighted by Gasteiger charge is 2.21. The quantitative estimate of drug-likeness (QED) is 0.396. The molecule has 0 radical (unpaired) electrons.